The van der Waals surface area contributed by atoms with E-state index in [9.17, 15) is 13.2 Å². The summed E-state index contributed by atoms with van der Waals surface area (Å²) in [5.41, 5.74) is 0. The van der Waals surface area contributed by atoms with Gasteiger partial charge in [-0.3, -0.25) is 0 Å². The van der Waals surface area contributed by atoms with Crippen LogP contribution in [-0.2, 0) is 9.84 Å². The second-order valence-electron chi connectivity index (χ2n) is 7.50. The van der Waals surface area contributed by atoms with Crippen LogP contribution in [0.2, 0.25) is 0 Å². The first-order valence-corrected chi connectivity index (χ1v) is 10.7. The summed E-state index contributed by atoms with van der Waals surface area (Å²) < 4.78 is 22.9. The van der Waals surface area contributed by atoms with Gasteiger partial charge in [0.15, 0.2) is 0 Å². The number of likely N-dealkylation sites (tertiary alicyclic amines) is 2. The normalized spacial score (nSPS) is 32.3. The summed E-state index contributed by atoms with van der Waals surface area (Å²) in [5, 5.41) is 3.07. The van der Waals surface area contributed by atoms with Crippen molar-refractivity contribution >= 4 is 15.9 Å². The monoisotopic (exact) mass is 343 g/mol. The highest BCUT2D eigenvalue weighted by Gasteiger charge is 2.37. The molecule has 0 aromatic heterocycles. The predicted octanol–water partition coefficient (Wildman–Crippen LogP) is 0.937. The van der Waals surface area contributed by atoms with Crippen LogP contribution in [0.25, 0.3) is 0 Å². The second-order valence-corrected chi connectivity index (χ2v) is 9.80. The highest BCUT2D eigenvalue weighted by molar-refractivity contribution is 7.91. The highest BCUT2D eigenvalue weighted by Crippen LogP contribution is 2.30. The predicted molar refractivity (Wildman–Crippen MR) is 90.1 cm³/mol. The molecule has 3 fully saturated rings. The zero-order chi connectivity index (χ0) is 16.4. The van der Waals surface area contributed by atoms with E-state index in [0.717, 1.165) is 32.5 Å². The van der Waals surface area contributed by atoms with Gasteiger partial charge in [0.1, 0.15) is 9.84 Å². The minimum Gasteiger partial charge on any atom is -0.338 e. The molecule has 0 aromatic carbocycles. The van der Waals surface area contributed by atoms with E-state index in [-0.39, 0.29) is 17.5 Å². The average molecular weight is 343 g/mol. The third kappa shape index (κ3) is 4.18. The van der Waals surface area contributed by atoms with E-state index in [4.69, 9.17) is 0 Å². The Labute approximate surface area is 139 Å². The van der Waals surface area contributed by atoms with E-state index in [0.29, 0.717) is 37.3 Å². The van der Waals surface area contributed by atoms with Gasteiger partial charge in [0.05, 0.1) is 11.5 Å². The maximum absolute atomic E-state index is 12.6. The van der Waals surface area contributed by atoms with Gasteiger partial charge >= 0.3 is 6.03 Å². The molecule has 3 saturated heterocycles. The summed E-state index contributed by atoms with van der Waals surface area (Å²) in [5.74, 6) is 1.45. The molecule has 2 amide bonds. The molecular weight excluding hydrogens is 314 g/mol. The molecule has 7 heteroatoms. The molecular formula is C16H29N3O3S. The molecule has 3 rings (SSSR count). The van der Waals surface area contributed by atoms with Crippen molar-refractivity contribution in [1.29, 1.82) is 0 Å². The van der Waals surface area contributed by atoms with Gasteiger partial charge in [-0.15, -0.1) is 0 Å². The summed E-state index contributed by atoms with van der Waals surface area (Å²) in [7, 11) is -0.664. The van der Waals surface area contributed by atoms with Gasteiger partial charge in [0, 0.05) is 25.7 Å². The number of nitrogens with one attached hydrogen (secondary N) is 1. The van der Waals surface area contributed by atoms with E-state index >= 15 is 0 Å². The first kappa shape index (κ1) is 17.0. The number of nitrogens with zero attached hydrogens (tertiary/aromatic N) is 2. The van der Waals surface area contributed by atoms with Crippen LogP contribution in [0.3, 0.4) is 0 Å². The van der Waals surface area contributed by atoms with Crippen molar-refractivity contribution in [3.05, 3.63) is 0 Å². The number of fused-ring (bicyclic) bond motifs is 1. The van der Waals surface area contributed by atoms with E-state index in [1.807, 2.05) is 4.90 Å². The molecule has 0 spiro atoms. The molecule has 0 radical (unpaired) electrons. The van der Waals surface area contributed by atoms with Crippen LogP contribution in [0.1, 0.15) is 32.1 Å². The zero-order valence-corrected chi connectivity index (χ0v) is 14.9. The third-order valence-electron chi connectivity index (χ3n) is 5.75. The number of rotatable bonds is 2. The Morgan fingerprint density at radius 3 is 2.61 bits per heavy atom. The molecule has 6 nitrogen and oxygen atoms in total. The minimum atomic E-state index is -2.82. The Bertz CT molecular complexity index is 523. The molecule has 3 aliphatic heterocycles. The quantitative estimate of drug-likeness (QED) is 0.810. The van der Waals surface area contributed by atoms with Crippen LogP contribution >= 0.6 is 0 Å². The molecule has 3 aliphatic rings. The lowest BCUT2D eigenvalue weighted by Crippen LogP contribution is -2.57. The van der Waals surface area contributed by atoms with Crippen molar-refractivity contribution < 1.29 is 13.2 Å². The van der Waals surface area contributed by atoms with Gasteiger partial charge in [-0.05, 0) is 57.5 Å². The van der Waals surface area contributed by atoms with E-state index in [1.54, 1.807) is 0 Å². The Morgan fingerprint density at radius 1 is 1.13 bits per heavy atom. The molecule has 0 aromatic rings. The Balaban J connectivity index is 1.50. The number of piperidine rings is 2. The van der Waals surface area contributed by atoms with Crippen LogP contribution in [0, 0.1) is 11.8 Å². The van der Waals surface area contributed by atoms with Crippen molar-refractivity contribution in [3.8, 4) is 0 Å². The van der Waals surface area contributed by atoms with Crippen LogP contribution in [0.5, 0.6) is 0 Å². The molecule has 3 heterocycles. The first-order valence-electron chi connectivity index (χ1n) is 8.88. The maximum Gasteiger partial charge on any atom is 0.317 e. The van der Waals surface area contributed by atoms with Crippen molar-refractivity contribution in [2.45, 2.75) is 38.1 Å². The Morgan fingerprint density at radius 2 is 1.87 bits per heavy atom. The summed E-state index contributed by atoms with van der Waals surface area (Å²) in [4.78, 5) is 17.0. The standard InChI is InChI=1S/C16H29N3O3S/c1-18-8-4-15-14(12-18)3-2-7-19(15)16(20)17-11-13-5-9-23(21,22)10-6-13/h13-15H,2-12H2,1H3,(H,17,20)/t14-,15-/m1/s1. The van der Waals surface area contributed by atoms with E-state index < -0.39 is 9.84 Å². The Kier molecular flexibility index (Phi) is 5.16. The van der Waals surface area contributed by atoms with Crippen molar-refractivity contribution in [3.63, 3.8) is 0 Å². The van der Waals surface area contributed by atoms with Crippen molar-refractivity contribution in [2.24, 2.45) is 11.8 Å². The summed E-state index contributed by atoms with van der Waals surface area (Å²) in [6.45, 7) is 3.62. The lowest BCUT2D eigenvalue weighted by Gasteiger charge is -2.46. The van der Waals surface area contributed by atoms with Gasteiger partial charge in [-0.2, -0.15) is 0 Å². The molecule has 1 N–H and O–H groups in total. The minimum absolute atomic E-state index is 0.0534. The lowest BCUT2D eigenvalue weighted by molar-refractivity contribution is 0.0530. The van der Waals surface area contributed by atoms with Gasteiger partial charge < -0.3 is 15.1 Å². The molecule has 23 heavy (non-hydrogen) atoms. The molecule has 132 valence electrons. The van der Waals surface area contributed by atoms with Crippen molar-refractivity contribution in [1.82, 2.24) is 15.1 Å². The smallest absolute Gasteiger partial charge is 0.317 e. The SMILES string of the molecule is CN1CC[C@@H]2[C@H](CCCN2C(=O)NCC2CCS(=O)(=O)CC2)C1. The molecule has 0 bridgehead atoms. The van der Waals surface area contributed by atoms with Crippen LogP contribution in [0.15, 0.2) is 0 Å². The number of carbonyl (C=O) groups is 1. The number of hydrogen-bond acceptors (Lipinski definition) is 4. The largest absolute Gasteiger partial charge is 0.338 e. The Hall–Kier alpha value is -0.820. The van der Waals surface area contributed by atoms with E-state index in [1.165, 1.54) is 6.42 Å². The fourth-order valence-electron chi connectivity index (χ4n) is 4.31. The average Bonchev–Trinajstić information content (AvgIpc) is 2.52. The molecule has 0 saturated carbocycles. The number of hydrogen-bond donors (Lipinski definition) is 1. The fourth-order valence-corrected chi connectivity index (χ4v) is 5.90. The van der Waals surface area contributed by atoms with Crippen LogP contribution < -0.4 is 5.32 Å². The molecule has 0 aliphatic carbocycles. The first-order chi connectivity index (χ1) is 10.9. The second kappa shape index (κ2) is 6.97. The number of urea groups is 1. The van der Waals surface area contributed by atoms with Gasteiger partial charge in [-0.1, -0.05) is 0 Å². The lowest BCUT2D eigenvalue weighted by atomic mass is 9.84. The highest BCUT2D eigenvalue weighted by atomic mass is 32.2. The van der Waals surface area contributed by atoms with Crippen molar-refractivity contribution in [2.75, 3.05) is 44.7 Å². The molecule has 0 unspecified atom stereocenters. The van der Waals surface area contributed by atoms with Gasteiger partial charge in [-0.25, -0.2) is 13.2 Å². The molecule has 2 atom stereocenters. The van der Waals surface area contributed by atoms with Crippen LogP contribution in [0.4, 0.5) is 4.79 Å². The maximum atomic E-state index is 12.6. The topological polar surface area (TPSA) is 69.7 Å². The summed E-state index contributed by atoms with van der Waals surface area (Å²) in [6.07, 6.45) is 4.73. The summed E-state index contributed by atoms with van der Waals surface area (Å²) in [6, 6.07) is 0.435. The number of carbonyl (C=O) groups excluding carboxylic acids is 1. The number of sulfone groups is 1. The fraction of sp³-hybridized carbons (Fsp3) is 0.938. The van der Waals surface area contributed by atoms with Gasteiger partial charge in [0.2, 0.25) is 0 Å². The third-order valence-corrected chi connectivity index (χ3v) is 7.46. The van der Waals surface area contributed by atoms with Crippen LogP contribution in [-0.4, -0.2) is 75.0 Å². The zero-order valence-electron chi connectivity index (χ0n) is 14.0. The van der Waals surface area contributed by atoms with Gasteiger partial charge in [0.25, 0.3) is 0 Å². The number of amides is 2. The van der Waals surface area contributed by atoms with E-state index in [2.05, 4.69) is 17.3 Å². The summed E-state index contributed by atoms with van der Waals surface area (Å²) >= 11 is 0.